The number of fused-ring (bicyclic) bond motifs is 1. The Bertz CT molecular complexity index is 893. The first kappa shape index (κ1) is 16.9. The van der Waals surface area contributed by atoms with E-state index in [9.17, 15) is 20.0 Å². The molecule has 0 spiro atoms. The number of rotatable bonds is 4. The van der Waals surface area contributed by atoms with E-state index >= 15 is 0 Å². The molecule has 3 rings (SSSR count). The summed E-state index contributed by atoms with van der Waals surface area (Å²) in [5.41, 5.74) is 0.804. The van der Waals surface area contributed by atoms with Gasteiger partial charge in [0.1, 0.15) is 11.5 Å². The van der Waals surface area contributed by atoms with E-state index in [2.05, 4.69) is 0 Å². The van der Waals surface area contributed by atoms with Crippen molar-refractivity contribution in [1.29, 1.82) is 0 Å². The molecule has 2 aromatic carbocycles. The van der Waals surface area contributed by atoms with E-state index in [4.69, 9.17) is 21.1 Å². The molecule has 0 saturated heterocycles. The Balaban J connectivity index is 1.97. The van der Waals surface area contributed by atoms with Gasteiger partial charge in [-0.25, -0.2) is 0 Å². The maximum Gasteiger partial charge on any atom is 0.270 e. The van der Waals surface area contributed by atoms with Crippen LogP contribution in [0.3, 0.4) is 0 Å². The number of nitro groups is 1. The number of ether oxygens (including phenoxy) is 2. The third-order valence-electron chi connectivity index (χ3n) is 3.57. The van der Waals surface area contributed by atoms with Gasteiger partial charge in [-0.2, -0.15) is 0 Å². The Hall–Kier alpha value is -2.90. The molecule has 0 saturated carbocycles. The van der Waals surface area contributed by atoms with Crippen LogP contribution in [0.4, 0.5) is 5.69 Å². The molecule has 0 fully saturated rings. The molecular weight excluding hydrogens is 350 g/mol. The number of benzene rings is 2. The van der Waals surface area contributed by atoms with Crippen LogP contribution in [-0.4, -0.2) is 22.6 Å². The van der Waals surface area contributed by atoms with Crippen LogP contribution in [0, 0.1) is 10.1 Å². The van der Waals surface area contributed by atoms with Gasteiger partial charge in [0.2, 0.25) is 0 Å². The number of carbonyl (C=O) groups excluding carboxylic acids is 1. The molecule has 0 aromatic heterocycles. The summed E-state index contributed by atoms with van der Waals surface area (Å²) in [5.74, 6) is -0.270. The third-order valence-corrected chi connectivity index (χ3v) is 3.81. The van der Waals surface area contributed by atoms with E-state index < -0.39 is 10.7 Å². The predicted molar refractivity (Wildman–Crippen MR) is 89.9 cm³/mol. The minimum absolute atomic E-state index is 0.0225. The summed E-state index contributed by atoms with van der Waals surface area (Å²) in [5, 5.41) is 21.1. The first-order chi connectivity index (χ1) is 12.0. The van der Waals surface area contributed by atoms with E-state index in [1.54, 1.807) is 0 Å². The zero-order valence-corrected chi connectivity index (χ0v) is 13.5. The molecule has 2 aromatic rings. The van der Waals surface area contributed by atoms with Gasteiger partial charge in [0.15, 0.2) is 12.6 Å². The van der Waals surface area contributed by atoms with Gasteiger partial charge >= 0.3 is 0 Å². The molecule has 25 heavy (non-hydrogen) atoms. The smallest absolute Gasteiger partial charge is 0.270 e. The monoisotopic (exact) mass is 361 g/mol. The quantitative estimate of drug-likeness (QED) is 0.385. The molecule has 1 N–H and O–H groups in total. The molecule has 0 atom stereocenters. The minimum Gasteiger partial charge on any atom is -0.507 e. The number of nitro benzene ring substituents is 1. The van der Waals surface area contributed by atoms with E-state index in [-0.39, 0.29) is 30.4 Å². The van der Waals surface area contributed by atoms with Gasteiger partial charge in [0.25, 0.3) is 5.69 Å². The zero-order valence-electron chi connectivity index (χ0n) is 12.8. The second-order valence-electron chi connectivity index (χ2n) is 5.25. The Morgan fingerprint density at radius 1 is 1.32 bits per heavy atom. The Labute approximate surface area is 147 Å². The average Bonchev–Trinajstić information content (AvgIpc) is 2.61. The third kappa shape index (κ3) is 3.62. The van der Waals surface area contributed by atoms with Gasteiger partial charge in [-0.3, -0.25) is 14.9 Å². The summed E-state index contributed by atoms with van der Waals surface area (Å²) in [6.45, 7) is 0.204. The lowest BCUT2D eigenvalue weighted by atomic mass is 10.0. The summed E-state index contributed by atoms with van der Waals surface area (Å²) in [7, 11) is 0. The maximum absolute atomic E-state index is 12.3. The van der Waals surface area contributed by atoms with Crippen LogP contribution in [0.1, 0.15) is 21.5 Å². The van der Waals surface area contributed by atoms with E-state index in [0.29, 0.717) is 21.9 Å². The lowest BCUT2D eigenvalue weighted by molar-refractivity contribution is -0.385. The molecule has 7 nitrogen and oxygen atoms in total. The van der Waals surface area contributed by atoms with Crippen molar-refractivity contribution < 1.29 is 24.3 Å². The topological polar surface area (TPSA) is 98.9 Å². The van der Waals surface area contributed by atoms with Gasteiger partial charge in [-0.15, -0.1) is 0 Å². The van der Waals surface area contributed by atoms with Crippen molar-refractivity contribution in [2.24, 2.45) is 0 Å². The Kier molecular flexibility index (Phi) is 4.69. The molecule has 128 valence electrons. The van der Waals surface area contributed by atoms with Crippen LogP contribution in [0.2, 0.25) is 5.02 Å². The lowest BCUT2D eigenvalue weighted by Gasteiger charge is -2.19. The van der Waals surface area contributed by atoms with Gasteiger partial charge < -0.3 is 14.6 Å². The number of halogens is 1. The number of ketones is 1. The van der Waals surface area contributed by atoms with Crippen LogP contribution in [-0.2, 0) is 11.3 Å². The number of hydrogen-bond acceptors (Lipinski definition) is 6. The van der Waals surface area contributed by atoms with Gasteiger partial charge in [0.05, 0.1) is 17.1 Å². The highest BCUT2D eigenvalue weighted by Crippen LogP contribution is 2.33. The fourth-order valence-corrected chi connectivity index (χ4v) is 2.59. The van der Waals surface area contributed by atoms with E-state index in [1.165, 1.54) is 42.5 Å². The lowest BCUT2D eigenvalue weighted by Crippen LogP contribution is -2.12. The van der Waals surface area contributed by atoms with Gasteiger partial charge in [-0.05, 0) is 30.4 Å². The predicted octanol–water partition coefficient (Wildman–Crippen LogP) is 3.72. The largest absolute Gasteiger partial charge is 0.507 e. The van der Waals surface area contributed by atoms with Crippen LogP contribution in [0.25, 0.3) is 6.08 Å². The number of carbonyl (C=O) groups is 1. The second-order valence-corrected chi connectivity index (χ2v) is 5.69. The molecule has 0 radical (unpaired) electrons. The summed E-state index contributed by atoms with van der Waals surface area (Å²) in [6, 6.07) is 6.81. The maximum atomic E-state index is 12.3. The van der Waals surface area contributed by atoms with E-state index in [0.717, 1.165) is 0 Å². The second kappa shape index (κ2) is 6.92. The van der Waals surface area contributed by atoms with Crippen molar-refractivity contribution in [2.75, 3.05) is 6.79 Å². The average molecular weight is 362 g/mol. The highest BCUT2D eigenvalue weighted by atomic mass is 35.5. The first-order valence-electron chi connectivity index (χ1n) is 7.18. The highest BCUT2D eigenvalue weighted by molar-refractivity contribution is 6.31. The molecule has 0 unspecified atom stereocenters. The molecule has 8 heteroatoms. The minimum atomic E-state index is -0.531. The molecule has 1 heterocycles. The summed E-state index contributed by atoms with van der Waals surface area (Å²) >= 11 is 5.83. The van der Waals surface area contributed by atoms with Crippen LogP contribution in [0.5, 0.6) is 11.5 Å². The normalized spacial score (nSPS) is 13.3. The number of non-ortho nitro benzene ring substituents is 1. The number of aromatic hydroxyl groups is 1. The number of allylic oxidation sites excluding steroid dienone is 1. The standard InChI is InChI=1S/C17H12ClNO6/c18-12-2-4-16(21)14(7-12)15(20)3-1-10-5-13(19(22)23)6-11-8-24-9-25-17(10)11/h1-7,21H,8-9H2. The van der Waals surface area contributed by atoms with Crippen molar-refractivity contribution in [3.63, 3.8) is 0 Å². The van der Waals surface area contributed by atoms with Crippen molar-refractivity contribution in [1.82, 2.24) is 0 Å². The van der Waals surface area contributed by atoms with Gasteiger partial charge in [0, 0.05) is 28.3 Å². The van der Waals surface area contributed by atoms with Gasteiger partial charge in [-0.1, -0.05) is 11.6 Å². The first-order valence-corrected chi connectivity index (χ1v) is 7.56. The zero-order chi connectivity index (χ0) is 18.0. The molecule has 0 bridgehead atoms. The fraction of sp³-hybridized carbons (Fsp3) is 0.118. The number of phenolic OH excluding ortho intramolecular Hbond substituents is 1. The van der Waals surface area contributed by atoms with Crippen LogP contribution < -0.4 is 4.74 Å². The molecule has 0 aliphatic carbocycles. The Morgan fingerprint density at radius 2 is 2.12 bits per heavy atom. The summed E-state index contributed by atoms with van der Waals surface area (Å²) in [4.78, 5) is 22.8. The van der Waals surface area contributed by atoms with Crippen molar-refractivity contribution >= 4 is 29.1 Å². The van der Waals surface area contributed by atoms with E-state index in [1.807, 2.05) is 0 Å². The SMILES string of the molecule is O=C(C=Cc1cc([N+](=O)[O-])cc2c1OCOC2)c1cc(Cl)ccc1O. The Morgan fingerprint density at radius 3 is 2.88 bits per heavy atom. The van der Waals surface area contributed by atoms with Crippen molar-refractivity contribution in [3.05, 3.63) is 68.2 Å². The van der Waals surface area contributed by atoms with Crippen LogP contribution >= 0.6 is 11.6 Å². The molecule has 1 aliphatic heterocycles. The summed E-state index contributed by atoms with van der Waals surface area (Å²) < 4.78 is 10.5. The fourth-order valence-electron chi connectivity index (χ4n) is 2.42. The number of phenols is 1. The summed E-state index contributed by atoms with van der Waals surface area (Å²) in [6.07, 6.45) is 2.60. The number of nitrogens with zero attached hydrogens (tertiary/aromatic N) is 1. The number of hydrogen-bond donors (Lipinski definition) is 1. The van der Waals surface area contributed by atoms with Crippen LogP contribution in [0.15, 0.2) is 36.4 Å². The van der Waals surface area contributed by atoms with Crippen molar-refractivity contribution in [3.8, 4) is 11.5 Å². The molecule has 1 aliphatic rings. The molecular formula is C17H12ClNO6. The molecule has 0 amide bonds. The van der Waals surface area contributed by atoms with Crippen molar-refractivity contribution in [2.45, 2.75) is 6.61 Å². The highest BCUT2D eigenvalue weighted by Gasteiger charge is 2.20.